The zero-order chi connectivity index (χ0) is 16.4. The number of carbonyl (C=O) groups is 1. The topological polar surface area (TPSA) is 47.6 Å². The molecule has 1 aromatic heterocycles. The Morgan fingerprint density at radius 2 is 2.09 bits per heavy atom. The number of hydrogen-bond acceptors (Lipinski definition) is 4. The molecule has 1 unspecified atom stereocenters. The molecule has 3 rings (SSSR count). The number of nitrogens with one attached hydrogen (secondary N) is 1. The lowest BCUT2D eigenvalue weighted by Crippen LogP contribution is -2.34. The van der Waals surface area contributed by atoms with Gasteiger partial charge in [0.05, 0.1) is 18.2 Å². The molecule has 1 fully saturated rings. The van der Waals surface area contributed by atoms with E-state index in [1.807, 2.05) is 31.2 Å². The molecule has 0 spiro atoms. The first-order chi connectivity index (χ1) is 11.0. The summed E-state index contributed by atoms with van der Waals surface area (Å²) in [4.78, 5) is 13.0. The summed E-state index contributed by atoms with van der Waals surface area (Å²) in [5.41, 5.74) is 0. The third-order valence-electron chi connectivity index (χ3n) is 3.97. The van der Waals surface area contributed by atoms with Crippen LogP contribution in [0.2, 0.25) is 5.02 Å². The van der Waals surface area contributed by atoms with Crippen molar-refractivity contribution in [3.8, 4) is 0 Å². The van der Waals surface area contributed by atoms with Crippen molar-refractivity contribution >= 4 is 38.9 Å². The highest BCUT2D eigenvalue weighted by molar-refractivity contribution is 7.21. The summed E-state index contributed by atoms with van der Waals surface area (Å²) in [7, 11) is 0. The zero-order valence-corrected chi connectivity index (χ0v) is 14.8. The zero-order valence-electron chi connectivity index (χ0n) is 13.2. The Labute approximate surface area is 144 Å². The van der Waals surface area contributed by atoms with Crippen LogP contribution in [-0.2, 0) is 9.47 Å². The second-order valence-corrected chi connectivity index (χ2v) is 7.52. The number of amides is 1. The molecule has 23 heavy (non-hydrogen) atoms. The molecule has 0 saturated carbocycles. The van der Waals surface area contributed by atoms with Crippen molar-refractivity contribution in [1.82, 2.24) is 5.32 Å². The minimum atomic E-state index is -0.528. The Bertz CT molecular complexity index is 709. The summed E-state index contributed by atoms with van der Waals surface area (Å²) in [6.45, 7) is 5.84. The van der Waals surface area contributed by atoms with E-state index in [9.17, 15) is 4.79 Å². The fourth-order valence-corrected chi connectivity index (χ4v) is 4.32. The first-order valence-corrected chi connectivity index (χ1v) is 8.91. The third-order valence-corrected chi connectivity index (χ3v) is 5.64. The monoisotopic (exact) mass is 353 g/mol. The number of carbonyl (C=O) groups excluding carboxylic acids is 1. The fraction of sp³-hybridized carbons (Fsp3) is 0.471. The first kappa shape index (κ1) is 16.7. The highest BCUT2D eigenvalue weighted by Gasteiger charge is 2.32. The molecule has 1 saturated heterocycles. The Morgan fingerprint density at radius 1 is 1.39 bits per heavy atom. The number of hydrogen-bond donors (Lipinski definition) is 1. The lowest BCUT2D eigenvalue weighted by atomic mass is 10.0. The second-order valence-electron chi connectivity index (χ2n) is 6.09. The number of benzene rings is 1. The van der Waals surface area contributed by atoms with Gasteiger partial charge in [0, 0.05) is 23.1 Å². The molecule has 0 bridgehead atoms. The van der Waals surface area contributed by atoms with E-state index in [0.717, 1.165) is 16.5 Å². The smallest absolute Gasteiger partial charge is 0.262 e. The molecular formula is C17H20ClNO3S. The largest absolute Gasteiger partial charge is 0.351 e. The molecule has 6 heteroatoms. The lowest BCUT2D eigenvalue weighted by Gasteiger charge is -2.25. The molecule has 1 amide bonds. The maximum atomic E-state index is 12.4. The average Bonchev–Trinajstić information content (AvgIpc) is 3.09. The Balaban J connectivity index is 1.61. The van der Waals surface area contributed by atoms with Crippen molar-refractivity contribution in [3.63, 3.8) is 0 Å². The van der Waals surface area contributed by atoms with Crippen molar-refractivity contribution in [1.29, 1.82) is 0 Å². The summed E-state index contributed by atoms with van der Waals surface area (Å²) < 4.78 is 12.2. The van der Waals surface area contributed by atoms with E-state index in [0.29, 0.717) is 29.7 Å². The van der Waals surface area contributed by atoms with Gasteiger partial charge in [-0.2, -0.15) is 0 Å². The summed E-state index contributed by atoms with van der Waals surface area (Å²) in [5.74, 6) is -0.406. The van der Waals surface area contributed by atoms with Crippen LogP contribution in [0.5, 0.6) is 0 Å². The quantitative estimate of drug-likeness (QED) is 0.881. The number of ether oxygens (including phenoxy) is 2. The van der Waals surface area contributed by atoms with Crippen LogP contribution in [0.4, 0.5) is 0 Å². The van der Waals surface area contributed by atoms with Crippen molar-refractivity contribution < 1.29 is 14.3 Å². The molecule has 0 aliphatic carbocycles. The van der Waals surface area contributed by atoms with Crippen molar-refractivity contribution in [2.45, 2.75) is 26.1 Å². The predicted molar refractivity (Wildman–Crippen MR) is 93.3 cm³/mol. The predicted octanol–water partition coefficient (Wildman–Crippen LogP) is 4.07. The van der Waals surface area contributed by atoms with Gasteiger partial charge in [0.25, 0.3) is 5.91 Å². The van der Waals surface area contributed by atoms with Crippen LogP contribution in [0, 0.1) is 5.92 Å². The summed E-state index contributed by atoms with van der Waals surface area (Å²) >= 11 is 7.76. The van der Waals surface area contributed by atoms with Crippen LogP contribution < -0.4 is 5.32 Å². The van der Waals surface area contributed by atoms with Crippen LogP contribution in [-0.4, -0.2) is 31.5 Å². The number of rotatable bonds is 5. The van der Waals surface area contributed by atoms with E-state index in [2.05, 4.69) is 12.2 Å². The van der Waals surface area contributed by atoms with Gasteiger partial charge in [0.15, 0.2) is 5.79 Å². The minimum Gasteiger partial charge on any atom is -0.351 e. The Morgan fingerprint density at radius 3 is 2.78 bits per heavy atom. The third kappa shape index (κ3) is 3.69. The summed E-state index contributed by atoms with van der Waals surface area (Å²) in [6, 6.07) is 7.78. The van der Waals surface area contributed by atoms with E-state index in [4.69, 9.17) is 21.1 Å². The molecule has 0 radical (unpaired) electrons. The van der Waals surface area contributed by atoms with Gasteiger partial charge in [-0.25, -0.2) is 0 Å². The number of fused-ring (bicyclic) bond motifs is 1. The summed E-state index contributed by atoms with van der Waals surface area (Å²) in [6.07, 6.45) is 0.743. The van der Waals surface area contributed by atoms with Crippen LogP contribution in [0.15, 0.2) is 24.3 Å². The standard InChI is InChI=1S/C17H20ClNO3S/c1-11(9-17(2)21-7-8-22-17)10-19-16(20)15-14(18)12-5-3-4-6-13(12)23-15/h3-6,11H,7-10H2,1-2H3,(H,19,20). The van der Waals surface area contributed by atoms with Gasteiger partial charge in [0.2, 0.25) is 0 Å². The molecule has 2 heterocycles. The van der Waals surface area contributed by atoms with Gasteiger partial charge in [-0.1, -0.05) is 36.7 Å². The highest BCUT2D eigenvalue weighted by atomic mass is 35.5. The molecule has 1 aromatic carbocycles. The van der Waals surface area contributed by atoms with Gasteiger partial charge < -0.3 is 14.8 Å². The van der Waals surface area contributed by atoms with Gasteiger partial charge in [-0.05, 0) is 18.9 Å². The fourth-order valence-electron chi connectivity index (χ4n) is 2.89. The van der Waals surface area contributed by atoms with E-state index >= 15 is 0 Å². The van der Waals surface area contributed by atoms with Gasteiger partial charge in [-0.3, -0.25) is 4.79 Å². The van der Waals surface area contributed by atoms with Crippen LogP contribution in [0.1, 0.15) is 29.9 Å². The Hall–Kier alpha value is -1.14. The molecule has 1 aliphatic rings. The normalized spacial score (nSPS) is 18.2. The van der Waals surface area contributed by atoms with Crippen LogP contribution in [0.25, 0.3) is 10.1 Å². The molecule has 2 aromatic rings. The maximum absolute atomic E-state index is 12.4. The lowest BCUT2D eigenvalue weighted by molar-refractivity contribution is -0.153. The van der Waals surface area contributed by atoms with Crippen molar-refractivity contribution in [2.75, 3.05) is 19.8 Å². The summed E-state index contributed by atoms with van der Waals surface area (Å²) in [5, 5.41) is 4.43. The first-order valence-electron chi connectivity index (χ1n) is 7.72. The molecule has 4 nitrogen and oxygen atoms in total. The average molecular weight is 354 g/mol. The van der Waals surface area contributed by atoms with E-state index in [1.54, 1.807) is 0 Å². The SMILES string of the molecule is CC(CNC(=O)c1sc2ccccc2c1Cl)CC1(C)OCCO1. The number of halogens is 1. The van der Waals surface area contributed by atoms with E-state index in [1.165, 1.54) is 11.3 Å². The number of thiophene rings is 1. The maximum Gasteiger partial charge on any atom is 0.262 e. The van der Waals surface area contributed by atoms with E-state index in [-0.39, 0.29) is 11.8 Å². The molecular weight excluding hydrogens is 334 g/mol. The molecule has 1 aliphatic heterocycles. The van der Waals surface area contributed by atoms with Crippen LogP contribution in [0.3, 0.4) is 0 Å². The van der Waals surface area contributed by atoms with Crippen molar-refractivity contribution in [2.24, 2.45) is 5.92 Å². The van der Waals surface area contributed by atoms with Gasteiger partial charge >= 0.3 is 0 Å². The molecule has 1 atom stereocenters. The van der Waals surface area contributed by atoms with E-state index < -0.39 is 5.79 Å². The van der Waals surface area contributed by atoms with Gasteiger partial charge in [0.1, 0.15) is 4.88 Å². The Kier molecular flexibility index (Phi) is 4.92. The van der Waals surface area contributed by atoms with Gasteiger partial charge in [-0.15, -0.1) is 11.3 Å². The second kappa shape index (κ2) is 6.77. The molecule has 1 N–H and O–H groups in total. The minimum absolute atomic E-state index is 0.124. The molecule has 124 valence electrons. The van der Waals surface area contributed by atoms with Crippen molar-refractivity contribution in [3.05, 3.63) is 34.2 Å². The highest BCUT2D eigenvalue weighted by Crippen LogP contribution is 2.35. The van der Waals surface area contributed by atoms with Crippen LogP contribution >= 0.6 is 22.9 Å².